The van der Waals surface area contributed by atoms with E-state index in [1.54, 1.807) is 4.90 Å². The van der Waals surface area contributed by atoms with E-state index in [0.29, 0.717) is 25.3 Å². The van der Waals surface area contributed by atoms with Crippen molar-refractivity contribution in [2.24, 2.45) is 5.41 Å². The molecule has 5 nitrogen and oxygen atoms in total. The van der Waals surface area contributed by atoms with Crippen molar-refractivity contribution in [2.75, 3.05) is 52.4 Å². The van der Waals surface area contributed by atoms with E-state index in [0.717, 1.165) is 63.4 Å². The Morgan fingerprint density at radius 3 is 2.21 bits per heavy atom. The van der Waals surface area contributed by atoms with Crippen LogP contribution in [0.5, 0.6) is 5.75 Å². The number of piperazine rings is 1. The van der Waals surface area contributed by atoms with Crippen LogP contribution in [0.4, 0.5) is 13.2 Å². The van der Waals surface area contributed by atoms with Crippen molar-refractivity contribution in [1.29, 1.82) is 0 Å². The summed E-state index contributed by atoms with van der Waals surface area (Å²) in [5, 5.41) is 3.47. The number of nitrogens with one attached hydrogen (secondary N) is 1. The van der Waals surface area contributed by atoms with Crippen molar-refractivity contribution in [3.63, 3.8) is 0 Å². The average molecular weight is 534 g/mol. The van der Waals surface area contributed by atoms with Gasteiger partial charge in [0, 0.05) is 38.3 Å². The van der Waals surface area contributed by atoms with Crippen molar-refractivity contribution >= 4 is 5.91 Å². The Kier molecular flexibility index (Phi) is 10.2. The van der Waals surface area contributed by atoms with E-state index < -0.39 is 11.7 Å². The Balaban J connectivity index is 1.42. The average Bonchev–Trinajstić information content (AvgIpc) is 2.87. The molecule has 2 aromatic rings. The molecule has 0 spiro atoms. The SMILES string of the molecule is Cc1c(CCN2CCN(C(=O)c3ccc(C(F)(F)F)cc3)CC2)ccc(OCCCNCC(C)(C)C)c1C. The zero-order valence-electron chi connectivity index (χ0n) is 23.4. The van der Waals surface area contributed by atoms with Gasteiger partial charge in [-0.2, -0.15) is 13.2 Å². The molecule has 1 fully saturated rings. The van der Waals surface area contributed by atoms with Gasteiger partial charge in [0.05, 0.1) is 12.2 Å². The third kappa shape index (κ3) is 8.73. The molecule has 0 radical (unpaired) electrons. The smallest absolute Gasteiger partial charge is 0.416 e. The fraction of sp³-hybridized carbons (Fsp3) is 0.567. The molecule has 1 amide bonds. The second-order valence-corrected chi connectivity index (χ2v) is 11.4. The first kappa shape index (κ1) is 30.0. The molecule has 3 rings (SSSR count). The largest absolute Gasteiger partial charge is 0.493 e. The number of carbonyl (C=O) groups excluding carboxylic acids is 1. The third-order valence-electron chi connectivity index (χ3n) is 7.08. The van der Waals surface area contributed by atoms with Gasteiger partial charge in [-0.25, -0.2) is 0 Å². The van der Waals surface area contributed by atoms with Crippen LogP contribution in [-0.4, -0.2) is 68.1 Å². The number of hydrogen-bond acceptors (Lipinski definition) is 4. The molecule has 8 heteroatoms. The molecular formula is C30H42F3N3O2. The second-order valence-electron chi connectivity index (χ2n) is 11.4. The maximum Gasteiger partial charge on any atom is 0.416 e. The number of halogens is 3. The lowest BCUT2D eigenvalue weighted by atomic mass is 9.97. The number of alkyl halides is 3. The van der Waals surface area contributed by atoms with E-state index in [-0.39, 0.29) is 11.3 Å². The summed E-state index contributed by atoms with van der Waals surface area (Å²) in [6, 6.07) is 8.69. The number of rotatable bonds is 10. The fourth-order valence-corrected chi connectivity index (χ4v) is 4.56. The highest BCUT2D eigenvalue weighted by molar-refractivity contribution is 5.94. The summed E-state index contributed by atoms with van der Waals surface area (Å²) in [6.45, 7) is 17.0. The first-order valence-electron chi connectivity index (χ1n) is 13.5. The molecule has 38 heavy (non-hydrogen) atoms. The van der Waals surface area contributed by atoms with Gasteiger partial charge in [-0.3, -0.25) is 9.69 Å². The van der Waals surface area contributed by atoms with Crippen LogP contribution in [0.25, 0.3) is 0 Å². The van der Waals surface area contributed by atoms with Gasteiger partial charge >= 0.3 is 6.18 Å². The van der Waals surface area contributed by atoms with Crippen molar-refractivity contribution in [1.82, 2.24) is 15.1 Å². The van der Waals surface area contributed by atoms with E-state index in [1.807, 2.05) is 0 Å². The standard InChI is InChI=1S/C30H42F3N3O2/c1-22-23(2)27(38-20-6-14-34-21-29(3,4)5)12-9-24(22)13-15-35-16-18-36(19-17-35)28(37)25-7-10-26(11-8-25)30(31,32)33/h7-12,34H,6,13-21H2,1-5H3. The van der Waals surface area contributed by atoms with E-state index >= 15 is 0 Å². The van der Waals surface area contributed by atoms with Crippen molar-refractivity contribution in [2.45, 2.75) is 53.6 Å². The number of hydrogen-bond donors (Lipinski definition) is 1. The Hall–Kier alpha value is -2.58. The summed E-state index contributed by atoms with van der Waals surface area (Å²) in [6.07, 6.45) is -2.53. The number of ether oxygens (including phenoxy) is 1. The lowest BCUT2D eigenvalue weighted by Crippen LogP contribution is -2.49. The first-order valence-corrected chi connectivity index (χ1v) is 13.5. The van der Waals surface area contributed by atoms with Crippen LogP contribution in [0.15, 0.2) is 36.4 Å². The summed E-state index contributed by atoms with van der Waals surface area (Å²) in [5.41, 5.74) is 3.56. The molecule has 1 N–H and O–H groups in total. The topological polar surface area (TPSA) is 44.8 Å². The van der Waals surface area contributed by atoms with E-state index in [1.165, 1.54) is 28.8 Å². The van der Waals surface area contributed by atoms with Crippen molar-refractivity contribution in [3.8, 4) is 5.75 Å². The molecule has 1 heterocycles. The highest BCUT2D eigenvalue weighted by atomic mass is 19.4. The Morgan fingerprint density at radius 1 is 0.947 bits per heavy atom. The molecule has 0 aromatic heterocycles. The summed E-state index contributed by atoms with van der Waals surface area (Å²) in [5.74, 6) is 0.725. The van der Waals surface area contributed by atoms with Crippen LogP contribution >= 0.6 is 0 Å². The molecule has 0 unspecified atom stereocenters. The van der Waals surface area contributed by atoms with Gasteiger partial charge in [0.25, 0.3) is 5.91 Å². The zero-order valence-corrected chi connectivity index (χ0v) is 23.4. The van der Waals surface area contributed by atoms with Gasteiger partial charge in [-0.15, -0.1) is 0 Å². The summed E-state index contributed by atoms with van der Waals surface area (Å²) >= 11 is 0. The molecule has 210 valence electrons. The van der Waals surface area contributed by atoms with Gasteiger partial charge in [0.15, 0.2) is 0 Å². The predicted octanol–water partition coefficient (Wildman–Crippen LogP) is 5.73. The van der Waals surface area contributed by atoms with E-state index in [4.69, 9.17) is 4.74 Å². The van der Waals surface area contributed by atoms with E-state index in [9.17, 15) is 18.0 Å². The molecule has 0 bridgehead atoms. The molecule has 0 saturated carbocycles. The lowest BCUT2D eigenvalue weighted by Gasteiger charge is -2.35. The maximum absolute atomic E-state index is 12.8. The molecule has 0 aliphatic carbocycles. The molecule has 2 aromatic carbocycles. The van der Waals surface area contributed by atoms with Gasteiger partial charge in [-0.05, 0) is 92.2 Å². The van der Waals surface area contributed by atoms with Crippen LogP contribution in [0, 0.1) is 19.3 Å². The zero-order chi connectivity index (χ0) is 27.9. The summed E-state index contributed by atoms with van der Waals surface area (Å²) < 4.78 is 44.4. The Bertz CT molecular complexity index is 1050. The van der Waals surface area contributed by atoms with Gasteiger partial charge in [0.2, 0.25) is 0 Å². The van der Waals surface area contributed by atoms with Crippen LogP contribution in [-0.2, 0) is 12.6 Å². The van der Waals surface area contributed by atoms with Crippen molar-refractivity contribution in [3.05, 3.63) is 64.2 Å². The Morgan fingerprint density at radius 2 is 1.61 bits per heavy atom. The Labute approximate surface area is 225 Å². The van der Waals surface area contributed by atoms with Crippen LogP contribution in [0.1, 0.15) is 59.8 Å². The third-order valence-corrected chi connectivity index (χ3v) is 7.08. The van der Waals surface area contributed by atoms with Crippen LogP contribution < -0.4 is 10.1 Å². The molecule has 1 saturated heterocycles. The van der Waals surface area contributed by atoms with Gasteiger partial charge in [-0.1, -0.05) is 26.8 Å². The lowest BCUT2D eigenvalue weighted by molar-refractivity contribution is -0.137. The quantitative estimate of drug-likeness (QED) is 0.397. The molecular weight excluding hydrogens is 491 g/mol. The predicted molar refractivity (Wildman–Crippen MR) is 146 cm³/mol. The highest BCUT2D eigenvalue weighted by Gasteiger charge is 2.30. The number of carbonyl (C=O) groups is 1. The molecule has 1 aliphatic rings. The minimum absolute atomic E-state index is 0.217. The number of amides is 1. The normalized spacial score (nSPS) is 15.1. The number of nitrogens with zero attached hydrogens (tertiary/aromatic N) is 2. The minimum atomic E-state index is -4.40. The fourth-order valence-electron chi connectivity index (χ4n) is 4.56. The van der Waals surface area contributed by atoms with E-state index in [2.05, 4.69) is 57.0 Å². The summed E-state index contributed by atoms with van der Waals surface area (Å²) in [7, 11) is 0. The van der Waals surface area contributed by atoms with Crippen molar-refractivity contribution < 1.29 is 22.7 Å². The maximum atomic E-state index is 12.8. The first-order chi connectivity index (χ1) is 17.8. The number of benzene rings is 2. The summed E-state index contributed by atoms with van der Waals surface area (Å²) in [4.78, 5) is 16.8. The second kappa shape index (κ2) is 13.0. The van der Waals surface area contributed by atoms with Gasteiger partial charge < -0.3 is 15.0 Å². The minimum Gasteiger partial charge on any atom is -0.493 e. The highest BCUT2D eigenvalue weighted by Crippen LogP contribution is 2.29. The van der Waals surface area contributed by atoms with Crippen LogP contribution in [0.3, 0.4) is 0 Å². The molecule has 1 aliphatic heterocycles. The molecule has 0 atom stereocenters. The van der Waals surface area contributed by atoms with Crippen LogP contribution in [0.2, 0.25) is 0 Å². The monoisotopic (exact) mass is 533 g/mol. The van der Waals surface area contributed by atoms with Gasteiger partial charge in [0.1, 0.15) is 5.75 Å².